The number of hydrogen-bond donors (Lipinski definition) is 4. The van der Waals surface area contributed by atoms with Crippen molar-refractivity contribution in [2.45, 2.75) is 0 Å². The van der Waals surface area contributed by atoms with E-state index in [2.05, 4.69) is 4.74 Å². The van der Waals surface area contributed by atoms with E-state index in [1.807, 2.05) is 0 Å². The van der Waals surface area contributed by atoms with Gasteiger partial charge in [-0.25, -0.2) is 4.79 Å². The average Bonchev–Trinajstić information content (AvgIpc) is 2.48. The molecule has 0 radical (unpaired) electrons. The highest BCUT2D eigenvalue weighted by atomic mass is 16.5. The third kappa shape index (κ3) is 5.17. The van der Waals surface area contributed by atoms with E-state index < -0.39 is 7.12 Å². The summed E-state index contributed by atoms with van der Waals surface area (Å²) in [5.74, 6) is -0.343. The van der Waals surface area contributed by atoms with Crippen LogP contribution in [0.4, 0.5) is 11.4 Å². The van der Waals surface area contributed by atoms with Crippen LogP contribution >= 0.6 is 0 Å². The molecule has 0 saturated carbocycles. The maximum absolute atomic E-state index is 10.9. The number of methoxy groups -OCH3 is 1. The fraction of sp³-hybridized carbons (Fsp3) is 0.0714. The number of esters is 1. The fourth-order valence-corrected chi connectivity index (χ4v) is 1.48. The van der Waals surface area contributed by atoms with Gasteiger partial charge in [-0.2, -0.15) is 0 Å². The molecule has 0 heterocycles. The predicted molar refractivity (Wildman–Crippen MR) is 82.9 cm³/mol. The van der Waals surface area contributed by atoms with Crippen molar-refractivity contribution in [1.29, 1.82) is 0 Å². The highest BCUT2D eigenvalue weighted by molar-refractivity contribution is 6.60. The van der Waals surface area contributed by atoms with Crippen LogP contribution in [-0.2, 0) is 4.74 Å². The number of benzene rings is 2. The van der Waals surface area contributed by atoms with E-state index in [4.69, 9.17) is 21.5 Å². The molecule has 2 aromatic carbocycles. The van der Waals surface area contributed by atoms with Crippen LogP contribution in [0.2, 0.25) is 0 Å². The average molecular weight is 288 g/mol. The predicted octanol–water partition coefficient (Wildman–Crippen LogP) is 0.00400. The fourth-order valence-electron chi connectivity index (χ4n) is 1.48. The molecule has 2 rings (SSSR count). The van der Waals surface area contributed by atoms with E-state index in [0.29, 0.717) is 22.4 Å². The molecule has 0 aromatic heterocycles. The van der Waals surface area contributed by atoms with Gasteiger partial charge in [0.15, 0.2) is 0 Å². The topological polar surface area (TPSA) is 119 Å². The first-order chi connectivity index (χ1) is 9.95. The largest absolute Gasteiger partial charge is 0.490 e. The first kappa shape index (κ1) is 16.5. The minimum absolute atomic E-state index is 0.343. The Bertz CT molecular complexity index is 588. The van der Waals surface area contributed by atoms with Gasteiger partial charge < -0.3 is 26.3 Å². The van der Waals surface area contributed by atoms with Gasteiger partial charge in [0.2, 0.25) is 0 Å². The molecule has 21 heavy (non-hydrogen) atoms. The van der Waals surface area contributed by atoms with Crippen molar-refractivity contribution in [3.8, 4) is 0 Å². The second-order valence-corrected chi connectivity index (χ2v) is 4.12. The molecule has 0 saturated heterocycles. The van der Waals surface area contributed by atoms with Gasteiger partial charge in [0.25, 0.3) is 0 Å². The maximum atomic E-state index is 10.9. The minimum Gasteiger partial charge on any atom is -0.465 e. The van der Waals surface area contributed by atoms with E-state index in [-0.39, 0.29) is 5.97 Å². The van der Waals surface area contributed by atoms with Crippen molar-refractivity contribution in [3.05, 3.63) is 54.1 Å². The van der Waals surface area contributed by atoms with Crippen LogP contribution < -0.4 is 16.9 Å². The Hall–Kier alpha value is -2.51. The molecule has 0 atom stereocenters. The van der Waals surface area contributed by atoms with Crippen molar-refractivity contribution in [1.82, 2.24) is 0 Å². The van der Waals surface area contributed by atoms with Gasteiger partial charge in [0.05, 0.1) is 12.7 Å². The van der Waals surface area contributed by atoms with Crippen molar-refractivity contribution >= 4 is 29.9 Å². The third-order valence-electron chi connectivity index (χ3n) is 2.61. The van der Waals surface area contributed by atoms with Crippen LogP contribution in [-0.4, -0.2) is 30.2 Å². The summed E-state index contributed by atoms with van der Waals surface area (Å²) in [5.41, 5.74) is 12.7. The van der Waals surface area contributed by atoms with Gasteiger partial charge in [-0.05, 0) is 30.3 Å². The lowest BCUT2D eigenvalue weighted by atomic mass is 9.79. The Morgan fingerprint density at radius 2 is 1.62 bits per heavy atom. The Labute approximate surface area is 123 Å². The summed E-state index contributed by atoms with van der Waals surface area (Å²) in [6, 6.07) is 13.2. The first-order valence-corrected chi connectivity index (χ1v) is 6.10. The molecule has 7 heteroatoms. The zero-order valence-electron chi connectivity index (χ0n) is 11.6. The van der Waals surface area contributed by atoms with Crippen LogP contribution in [0.25, 0.3) is 0 Å². The van der Waals surface area contributed by atoms with Crippen molar-refractivity contribution in [2.75, 3.05) is 18.6 Å². The molecule has 0 spiro atoms. The summed E-state index contributed by atoms with van der Waals surface area (Å²) >= 11 is 0. The second-order valence-electron chi connectivity index (χ2n) is 4.12. The van der Waals surface area contributed by atoms with Gasteiger partial charge in [-0.15, -0.1) is 0 Å². The van der Waals surface area contributed by atoms with Gasteiger partial charge in [-0.3, -0.25) is 0 Å². The Morgan fingerprint density at radius 1 is 1.05 bits per heavy atom. The third-order valence-corrected chi connectivity index (χ3v) is 2.61. The number of nitrogen functional groups attached to an aromatic ring is 2. The molecule has 0 aliphatic rings. The minimum atomic E-state index is -1.47. The normalized spacial score (nSPS) is 9.29. The molecule has 6 nitrogen and oxygen atoms in total. The number of carbonyl (C=O) groups excluding carboxylic acids is 1. The van der Waals surface area contributed by atoms with Crippen molar-refractivity contribution in [2.24, 2.45) is 0 Å². The Kier molecular flexibility index (Phi) is 6.25. The molecule has 0 amide bonds. The molecular formula is C14H17BN2O4. The highest BCUT2D eigenvalue weighted by Gasteiger charge is 2.12. The lowest BCUT2D eigenvalue weighted by Gasteiger charge is -2.01. The zero-order valence-corrected chi connectivity index (χ0v) is 11.6. The Morgan fingerprint density at radius 3 is 2.05 bits per heavy atom. The van der Waals surface area contributed by atoms with E-state index in [1.54, 1.807) is 48.5 Å². The number of rotatable bonds is 2. The summed E-state index contributed by atoms with van der Waals surface area (Å²) < 4.78 is 4.50. The molecular weight excluding hydrogens is 271 g/mol. The van der Waals surface area contributed by atoms with Crippen LogP contribution in [0.5, 0.6) is 0 Å². The van der Waals surface area contributed by atoms with Crippen molar-refractivity contribution in [3.63, 3.8) is 0 Å². The van der Waals surface area contributed by atoms with Crippen LogP contribution in [0.3, 0.4) is 0 Å². The monoisotopic (exact) mass is 288 g/mol. The molecule has 0 fully saturated rings. The Balaban J connectivity index is 0.000000211. The van der Waals surface area contributed by atoms with Crippen molar-refractivity contribution < 1.29 is 19.6 Å². The smallest absolute Gasteiger partial charge is 0.465 e. The molecule has 0 bridgehead atoms. The van der Waals surface area contributed by atoms with Crippen LogP contribution in [0.15, 0.2) is 48.5 Å². The quantitative estimate of drug-likeness (QED) is 0.351. The van der Waals surface area contributed by atoms with E-state index in [1.165, 1.54) is 7.11 Å². The van der Waals surface area contributed by atoms with E-state index in [9.17, 15) is 4.79 Å². The molecule has 110 valence electrons. The standard InChI is InChI=1S/C8H9NO2.C6H8BNO2/c1-11-8(10)6-2-4-7(9)5-3-6;8-6-4-2-1-3-5(6)7(9)10/h2-5H,9H2,1H3;1-4,9-10H,8H2. The van der Waals surface area contributed by atoms with Crippen LogP contribution in [0.1, 0.15) is 10.4 Å². The number of para-hydroxylation sites is 1. The van der Waals surface area contributed by atoms with E-state index >= 15 is 0 Å². The molecule has 0 unspecified atom stereocenters. The summed E-state index contributed by atoms with van der Waals surface area (Å²) in [6.45, 7) is 0. The lowest BCUT2D eigenvalue weighted by molar-refractivity contribution is 0.0601. The number of nitrogens with two attached hydrogens (primary N) is 2. The summed E-state index contributed by atoms with van der Waals surface area (Å²) in [5, 5.41) is 17.4. The first-order valence-electron chi connectivity index (χ1n) is 6.10. The van der Waals surface area contributed by atoms with Gasteiger partial charge in [-0.1, -0.05) is 18.2 Å². The maximum Gasteiger partial charge on any atom is 0.490 e. The van der Waals surface area contributed by atoms with Crippen LogP contribution in [0, 0.1) is 0 Å². The summed E-state index contributed by atoms with van der Waals surface area (Å²) in [6.07, 6.45) is 0. The molecule has 0 aliphatic heterocycles. The number of ether oxygens (including phenoxy) is 1. The molecule has 6 N–H and O–H groups in total. The number of carbonyl (C=O) groups is 1. The van der Waals surface area contributed by atoms with Gasteiger partial charge in [0, 0.05) is 16.8 Å². The SMILES string of the molecule is COC(=O)c1ccc(N)cc1.Nc1ccccc1B(O)O. The summed E-state index contributed by atoms with van der Waals surface area (Å²) in [4.78, 5) is 10.9. The molecule has 0 aliphatic carbocycles. The number of anilines is 2. The second kappa shape index (κ2) is 7.93. The van der Waals surface area contributed by atoms with Gasteiger partial charge >= 0.3 is 13.1 Å². The van der Waals surface area contributed by atoms with E-state index in [0.717, 1.165) is 0 Å². The zero-order chi connectivity index (χ0) is 15.8. The summed E-state index contributed by atoms with van der Waals surface area (Å²) in [7, 11) is -0.125. The lowest BCUT2D eigenvalue weighted by Crippen LogP contribution is -2.31. The molecule has 2 aromatic rings. The highest BCUT2D eigenvalue weighted by Crippen LogP contribution is 2.05. The van der Waals surface area contributed by atoms with Gasteiger partial charge in [0.1, 0.15) is 0 Å². The number of hydrogen-bond acceptors (Lipinski definition) is 6.